The molecule has 4 heteroatoms. The van der Waals surface area contributed by atoms with Crippen LogP contribution in [0.25, 0.3) is 0 Å². The highest BCUT2D eigenvalue weighted by Gasteiger charge is 2.32. The quantitative estimate of drug-likeness (QED) is 0.903. The lowest BCUT2D eigenvalue weighted by Crippen LogP contribution is -2.19. The maximum absolute atomic E-state index is 10.5. The summed E-state index contributed by atoms with van der Waals surface area (Å²) in [6.45, 7) is 6.16. The van der Waals surface area contributed by atoms with Gasteiger partial charge in [0.25, 0.3) is 0 Å². The van der Waals surface area contributed by atoms with Crippen molar-refractivity contribution >= 4 is 0 Å². The number of fused-ring (bicyclic) bond motifs is 1. The maximum Gasteiger partial charge on any atom is 0.161 e. The Kier molecular flexibility index (Phi) is 3.85. The number of benzene rings is 1. The van der Waals surface area contributed by atoms with Gasteiger partial charge in [-0.2, -0.15) is 0 Å². The van der Waals surface area contributed by atoms with E-state index < -0.39 is 6.10 Å². The molecule has 110 valence electrons. The molecule has 20 heavy (non-hydrogen) atoms. The lowest BCUT2D eigenvalue weighted by atomic mass is 9.90. The Morgan fingerprint density at radius 3 is 2.60 bits per heavy atom. The monoisotopic (exact) mass is 278 g/mol. The fraction of sp³-hybridized carbons (Fsp3) is 0.625. The van der Waals surface area contributed by atoms with Gasteiger partial charge in [-0.05, 0) is 31.0 Å². The number of hydrogen-bond acceptors (Lipinski definition) is 4. The molecule has 0 amide bonds. The average molecular weight is 278 g/mol. The molecule has 4 unspecified atom stereocenters. The highest BCUT2D eigenvalue weighted by molar-refractivity contribution is 5.44. The van der Waals surface area contributed by atoms with Crippen molar-refractivity contribution < 1.29 is 19.3 Å². The number of aliphatic hydroxyl groups is 1. The van der Waals surface area contributed by atoms with Crippen LogP contribution in [0.4, 0.5) is 0 Å². The second kappa shape index (κ2) is 5.62. The highest BCUT2D eigenvalue weighted by Crippen LogP contribution is 2.38. The molecular weight excluding hydrogens is 256 g/mol. The average Bonchev–Trinajstić information content (AvgIpc) is 2.79. The Labute approximate surface area is 119 Å². The summed E-state index contributed by atoms with van der Waals surface area (Å²) < 4.78 is 17.0. The van der Waals surface area contributed by atoms with Crippen molar-refractivity contribution in [3.8, 4) is 11.5 Å². The van der Waals surface area contributed by atoms with Crippen molar-refractivity contribution in [2.75, 3.05) is 19.8 Å². The van der Waals surface area contributed by atoms with Gasteiger partial charge in [0.2, 0.25) is 0 Å². The van der Waals surface area contributed by atoms with E-state index in [9.17, 15) is 5.11 Å². The van der Waals surface area contributed by atoms with Gasteiger partial charge in [-0.15, -0.1) is 0 Å². The minimum atomic E-state index is -0.512. The second-order valence-electron chi connectivity index (χ2n) is 5.91. The Balaban J connectivity index is 1.81. The molecule has 1 aromatic rings. The van der Waals surface area contributed by atoms with Gasteiger partial charge in [0.15, 0.2) is 11.5 Å². The van der Waals surface area contributed by atoms with E-state index in [1.54, 1.807) is 0 Å². The van der Waals surface area contributed by atoms with Crippen molar-refractivity contribution in [1.29, 1.82) is 0 Å². The summed E-state index contributed by atoms with van der Waals surface area (Å²) in [6, 6.07) is 5.73. The minimum Gasteiger partial charge on any atom is -0.489 e. The molecule has 2 heterocycles. The van der Waals surface area contributed by atoms with Gasteiger partial charge in [0.05, 0.1) is 25.4 Å². The van der Waals surface area contributed by atoms with E-state index in [0.717, 1.165) is 30.1 Å². The van der Waals surface area contributed by atoms with Crippen LogP contribution >= 0.6 is 0 Å². The summed E-state index contributed by atoms with van der Waals surface area (Å²) in [7, 11) is 0. The molecule has 0 aliphatic carbocycles. The van der Waals surface area contributed by atoms with Crippen LogP contribution in [-0.4, -0.2) is 31.0 Å². The van der Waals surface area contributed by atoms with E-state index in [-0.39, 0.29) is 12.0 Å². The zero-order valence-corrected chi connectivity index (χ0v) is 12.0. The van der Waals surface area contributed by atoms with Gasteiger partial charge in [-0.25, -0.2) is 0 Å². The zero-order chi connectivity index (χ0) is 14.1. The van der Waals surface area contributed by atoms with Crippen LogP contribution in [0.3, 0.4) is 0 Å². The predicted octanol–water partition coefficient (Wildman–Crippen LogP) is 2.55. The highest BCUT2D eigenvalue weighted by atomic mass is 16.5. The molecule has 2 aliphatic rings. The predicted molar refractivity (Wildman–Crippen MR) is 75.1 cm³/mol. The van der Waals surface area contributed by atoms with E-state index in [1.807, 2.05) is 25.1 Å². The van der Waals surface area contributed by atoms with Gasteiger partial charge in [-0.1, -0.05) is 13.0 Å². The summed E-state index contributed by atoms with van der Waals surface area (Å²) in [6.07, 6.45) is 0.483. The summed E-state index contributed by atoms with van der Waals surface area (Å²) in [4.78, 5) is 0. The summed E-state index contributed by atoms with van der Waals surface area (Å²) in [5.41, 5.74) is 0.879. The van der Waals surface area contributed by atoms with Crippen LogP contribution in [0, 0.1) is 11.8 Å². The SMILES string of the molecule is CC1COc2ccc(C(O)C3CCOC3C)cc2OC1. The molecule has 1 N–H and O–H groups in total. The molecule has 1 fully saturated rings. The van der Waals surface area contributed by atoms with Crippen molar-refractivity contribution in [1.82, 2.24) is 0 Å². The first-order valence-corrected chi connectivity index (χ1v) is 7.34. The minimum absolute atomic E-state index is 0.0981. The molecule has 4 atom stereocenters. The van der Waals surface area contributed by atoms with Crippen molar-refractivity contribution in [3.05, 3.63) is 23.8 Å². The van der Waals surface area contributed by atoms with E-state index in [0.29, 0.717) is 19.1 Å². The van der Waals surface area contributed by atoms with Gasteiger partial charge >= 0.3 is 0 Å². The van der Waals surface area contributed by atoms with Crippen LogP contribution in [-0.2, 0) is 4.74 Å². The molecule has 0 aromatic heterocycles. The van der Waals surface area contributed by atoms with Crippen LogP contribution in [0.15, 0.2) is 18.2 Å². The van der Waals surface area contributed by atoms with Crippen LogP contribution in [0.1, 0.15) is 31.9 Å². The van der Waals surface area contributed by atoms with Gasteiger partial charge in [-0.3, -0.25) is 0 Å². The lowest BCUT2D eigenvalue weighted by molar-refractivity contribution is 0.0430. The Hall–Kier alpha value is -1.26. The number of hydrogen-bond donors (Lipinski definition) is 1. The van der Waals surface area contributed by atoms with Gasteiger partial charge in [0.1, 0.15) is 0 Å². The fourth-order valence-corrected chi connectivity index (χ4v) is 2.86. The Morgan fingerprint density at radius 2 is 1.90 bits per heavy atom. The lowest BCUT2D eigenvalue weighted by Gasteiger charge is -2.22. The third-order valence-electron chi connectivity index (χ3n) is 4.20. The molecule has 0 spiro atoms. The maximum atomic E-state index is 10.5. The van der Waals surface area contributed by atoms with Crippen LogP contribution in [0.2, 0.25) is 0 Å². The first-order valence-electron chi connectivity index (χ1n) is 7.34. The molecule has 2 aliphatic heterocycles. The van der Waals surface area contributed by atoms with E-state index in [1.165, 1.54) is 0 Å². The molecular formula is C16H22O4. The molecule has 0 saturated carbocycles. The summed E-state index contributed by atoms with van der Waals surface area (Å²) in [5, 5.41) is 10.5. The van der Waals surface area contributed by atoms with Crippen molar-refractivity contribution in [3.63, 3.8) is 0 Å². The Bertz CT molecular complexity index is 474. The van der Waals surface area contributed by atoms with Crippen LogP contribution in [0.5, 0.6) is 11.5 Å². The van der Waals surface area contributed by atoms with E-state index >= 15 is 0 Å². The van der Waals surface area contributed by atoms with Crippen molar-refractivity contribution in [2.24, 2.45) is 11.8 Å². The third kappa shape index (κ3) is 2.63. The van der Waals surface area contributed by atoms with Gasteiger partial charge < -0.3 is 19.3 Å². The zero-order valence-electron chi connectivity index (χ0n) is 12.0. The molecule has 1 saturated heterocycles. The largest absolute Gasteiger partial charge is 0.489 e. The number of aliphatic hydroxyl groups excluding tert-OH is 1. The van der Waals surface area contributed by atoms with Crippen molar-refractivity contribution in [2.45, 2.75) is 32.5 Å². The normalized spacial score (nSPS) is 30.9. The third-order valence-corrected chi connectivity index (χ3v) is 4.20. The molecule has 0 radical (unpaired) electrons. The number of rotatable bonds is 2. The molecule has 0 bridgehead atoms. The first kappa shape index (κ1) is 13.7. The molecule has 1 aromatic carbocycles. The van der Waals surface area contributed by atoms with Crippen LogP contribution < -0.4 is 9.47 Å². The number of ether oxygens (including phenoxy) is 3. The van der Waals surface area contributed by atoms with E-state index in [2.05, 4.69) is 6.92 Å². The Morgan fingerprint density at radius 1 is 1.15 bits per heavy atom. The van der Waals surface area contributed by atoms with E-state index in [4.69, 9.17) is 14.2 Å². The molecule has 4 nitrogen and oxygen atoms in total. The second-order valence-corrected chi connectivity index (χ2v) is 5.91. The first-order chi connectivity index (χ1) is 9.65. The van der Waals surface area contributed by atoms with Gasteiger partial charge in [0, 0.05) is 18.4 Å². The molecule has 3 rings (SSSR count). The summed E-state index contributed by atoms with van der Waals surface area (Å²) >= 11 is 0. The fourth-order valence-electron chi connectivity index (χ4n) is 2.86. The summed E-state index contributed by atoms with van der Waals surface area (Å²) in [5.74, 6) is 2.02. The topological polar surface area (TPSA) is 47.9 Å². The standard InChI is InChI=1S/C16H22O4/c1-10-8-19-14-4-3-12(7-15(14)20-9-10)16(17)13-5-6-18-11(13)2/h3-4,7,10-11,13,16-17H,5-6,8-9H2,1-2H3. The smallest absolute Gasteiger partial charge is 0.161 e.